The smallest absolute Gasteiger partial charge is 0.176 e. The molecule has 0 radical (unpaired) electrons. The van der Waals surface area contributed by atoms with Crippen LogP contribution in [0.5, 0.6) is 5.75 Å². The zero-order valence-corrected chi connectivity index (χ0v) is 9.64. The molecule has 1 rings (SSSR count). The number of Topliss-reactive ketones (excluding diaryl/α,β-unsaturated/α-hetero) is 1. The maximum Gasteiger partial charge on any atom is 0.176 e. The van der Waals surface area contributed by atoms with Crippen molar-refractivity contribution in [1.82, 2.24) is 4.90 Å². The average Bonchev–Trinajstić information content (AvgIpc) is 2.29. The summed E-state index contributed by atoms with van der Waals surface area (Å²) < 4.78 is 5.05. The highest BCUT2D eigenvalue weighted by atomic mass is 16.5. The third-order valence-corrected chi connectivity index (χ3v) is 2.29. The summed E-state index contributed by atoms with van der Waals surface area (Å²) in [5.74, 6) is 0.700. The van der Waals surface area contributed by atoms with Crippen molar-refractivity contribution in [2.45, 2.75) is 0 Å². The van der Waals surface area contributed by atoms with Crippen LogP contribution in [0.25, 0.3) is 0 Å². The van der Waals surface area contributed by atoms with E-state index in [0.717, 1.165) is 0 Å². The molecule has 16 heavy (non-hydrogen) atoms. The number of benzene rings is 1. The Morgan fingerprint density at radius 3 is 2.88 bits per heavy atom. The molecule has 0 aromatic heterocycles. The van der Waals surface area contributed by atoms with Crippen molar-refractivity contribution in [3.63, 3.8) is 0 Å². The molecule has 0 saturated heterocycles. The highest BCUT2D eigenvalue weighted by molar-refractivity contribution is 5.97. The summed E-state index contributed by atoms with van der Waals surface area (Å²) in [5, 5.41) is 8.73. The van der Waals surface area contributed by atoms with E-state index in [2.05, 4.69) is 0 Å². The van der Waals surface area contributed by atoms with Crippen LogP contribution in [-0.2, 0) is 0 Å². The van der Waals surface area contributed by atoms with Crippen LogP contribution in [0.1, 0.15) is 10.4 Å². The normalized spacial score (nSPS) is 10.5. The lowest BCUT2D eigenvalue weighted by Gasteiger charge is -2.13. The van der Waals surface area contributed by atoms with Crippen LogP contribution in [0, 0.1) is 0 Å². The number of carbonyl (C=O) groups is 1. The number of ketones is 1. The van der Waals surface area contributed by atoms with Gasteiger partial charge >= 0.3 is 0 Å². The molecule has 4 nitrogen and oxygen atoms in total. The Morgan fingerprint density at radius 2 is 2.25 bits per heavy atom. The van der Waals surface area contributed by atoms with Crippen molar-refractivity contribution in [1.29, 1.82) is 0 Å². The first-order valence-corrected chi connectivity index (χ1v) is 5.14. The van der Waals surface area contributed by atoms with E-state index in [0.29, 0.717) is 24.4 Å². The second-order valence-electron chi connectivity index (χ2n) is 3.62. The molecule has 1 aromatic rings. The minimum atomic E-state index is 0.0230. The molecule has 0 aliphatic heterocycles. The molecule has 0 aliphatic carbocycles. The van der Waals surface area contributed by atoms with Crippen LogP contribution in [-0.4, -0.2) is 49.6 Å². The van der Waals surface area contributed by atoms with Crippen LogP contribution in [0.4, 0.5) is 0 Å². The Morgan fingerprint density at radius 1 is 1.50 bits per heavy atom. The van der Waals surface area contributed by atoms with Gasteiger partial charge in [-0.25, -0.2) is 0 Å². The highest BCUT2D eigenvalue weighted by Gasteiger charge is 2.09. The number of carbonyl (C=O) groups excluding carboxylic acids is 1. The lowest BCUT2D eigenvalue weighted by Crippen LogP contribution is -2.28. The predicted octanol–water partition coefficient (Wildman–Crippen LogP) is 0.802. The standard InChI is InChI=1S/C12H17NO3/c1-13(6-7-14)9-12(15)10-4-3-5-11(8-10)16-2/h3-5,8,14H,6-7,9H2,1-2H3. The minimum absolute atomic E-state index is 0.0230. The fraction of sp³-hybridized carbons (Fsp3) is 0.417. The van der Waals surface area contributed by atoms with Gasteiger partial charge in [0, 0.05) is 12.1 Å². The van der Waals surface area contributed by atoms with Gasteiger partial charge < -0.3 is 9.84 Å². The van der Waals surface area contributed by atoms with E-state index >= 15 is 0 Å². The van der Waals surface area contributed by atoms with Crippen LogP contribution in [0.2, 0.25) is 0 Å². The van der Waals surface area contributed by atoms with Crippen molar-refractivity contribution >= 4 is 5.78 Å². The largest absolute Gasteiger partial charge is 0.497 e. The van der Waals surface area contributed by atoms with Gasteiger partial charge in [0.2, 0.25) is 0 Å². The van der Waals surface area contributed by atoms with Gasteiger partial charge in [-0.1, -0.05) is 12.1 Å². The molecule has 0 unspecified atom stereocenters. The molecular weight excluding hydrogens is 206 g/mol. The second-order valence-corrected chi connectivity index (χ2v) is 3.62. The van der Waals surface area contributed by atoms with Crippen LogP contribution in [0.15, 0.2) is 24.3 Å². The number of ether oxygens (including phenoxy) is 1. The fourth-order valence-corrected chi connectivity index (χ4v) is 1.38. The van der Waals surface area contributed by atoms with E-state index in [4.69, 9.17) is 9.84 Å². The molecule has 4 heteroatoms. The summed E-state index contributed by atoms with van der Waals surface area (Å²) >= 11 is 0. The number of aliphatic hydroxyl groups excluding tert-OH is 1. The third-order valence-electron chi connectivity index (χ3n) is 2.29. The zero-order chi connectivity index (χ0) is 12.0. The lowest BCUT2D eigenvalue weighted by molar-refractivity contribution is 0.0935. The van der Waals surface area contributed by atoms with E-state index in [1.807, 2.05) is 0 Å². The monoisotopic (exact) mass is 223 g/mol. The Kier molecular flexibility index (Phi) is 4.95. The van der Waals surface area contributed by atoms with Gasteiger partial charge in [-0.15, -0.1) is 0 Å². The molecule has 1 N–H and O–H groups in total. The van der Waals surface area contributed by atoms with E-state index in [9.17, 15) is 4.79 Å². The van der Waals surface area contributed by atoms with E-state index < -0.39 is 0 Å². The van der Waals surface area contributed by atoms with Gasteiger partial charge in [0.25, 0.3) is 0 Å². The third kappa shape index (κ3) is 3.64. The molecule has 88 valence electrons. The number of methoxy groups -OCH3 is 1. The fourth-order valence-electron chi connectivity index (χ4n) is 1.38. The molecule has 0 atom stereocenters. The number of nitrogens with zero attached hydrogens (tertiary/aromatic N) is 1. The number of likely N-dealkylation sites (N-methyl/N-ethyl adjacent to an activating group) is 1. The van der Waals surface area contributed by atoms with Gasteiger partial charge in [-0.2, -0.15) is 0 Å². The Balaban J connectivity index is 2.65. The summed E-state index contributed by atoms with van der Waals surface area (Å²) in [4.78, 5) is 13.6. The lowest BCUT2D eigenvalue weighted by atomic mass is 10.1. The van der Waals surface area contributed by atoms with E-state index in [-0.39, 0.29) is 12.4 Å². The van der Waals surface area contributed by atoms with Crippen molar-refractivity contribution in [3.8, 4) is 5.75 Å². The van der Waals surface area contributed by atoms with Crippen molar-refractivity contribution in [3.05, 3.63) is 29.8 Å². The first-order chi connectivity index (χ1) is 7.67. The van der Waals surface area contributed by atoms with Crippen LogP contribution < -0.4 is 4.74 Å². The summed E-state index contributed by atoms with van der Waals surface area (Å²) in [6.45, 7) is 0.853. The molecule has 0 saturated carbocycles. The number of aliphatic hydroxyl groups is 1. The topological polar surface area (TPSA) is 49.8 Å². The van der Waals surface area contributed by atoms with Gasteiger partial charge in [-0.3, -0.25) is 9.69 Å². The quantitative estimate of drug-likeness (QED) is 0.725. The van der Waals surface area contributed by atoms with E-state index in [1.165, 1.54) is 0 Å². The Bertz CT molecular complexity index is 352. The molecule has 0 amide bonds. The van der Waals surface area contributed by atoms with Crippen LogP contribution >= 0.6 is 0 Å². The summed E-state index contributed by atoms with van der Waals surface area (Å²) in [6, 6.07) is 7.07. The molecule has 0 spiro atoms. The van der Waals surface area contributed by atoms with Gasteiger partial charge in [0.05, 0.1) is 20.3 Å². The van der Waals surface area contributed by atoms with Crippen molar-refractivity contribution < 1.29 is 14.6 Å². The first-order valence-electron chi connectivity index (χ1n) is 5.14. The maximum atomic E-state index is 11.8. The van der Waals surface area contributed by atoms with E-state index in [1.54, 1.807) is 43.3 Å². The van der Waals surface area contributed by atoms with Gasteiger partial charge in [0.15, 0.2) is 5.78 Å². The predicted molar refractivity (Wildman–Crippen MR) is 61.9 cm³/mol. The SMILES string of the molecule is COc1cccc(C(=O)CN(C)CCO)c1. The maximum absolute atomic E-state index is 11.8. The number of hydrogen-bond donors (Lipinski definition) is 1. The van der Waals surface area contributed by atoms with Crippen molar-refractivity contribution in [2.75, 3.05) is 33.9 Å². The molecule has 0 aliphatic rings. The molecule has 0 fully saturated rings. The Hall–Kier alpha value is -1.39. The highest BCUT2D eigenvalue weighted by Crippen LogP contribution is 2.13. The number of rotatable bonds is 6. The van der Waals surface area contributed by atoms with Gasteiger partial charge in [-0.05, 0) is 19.2 Å². The Labute approximate surface area is 95.5 Å². The first kappa shape index (κ1) is 12.7. The minimum Gasteiger partial charge on any atom is -0.497 e. The molecule has 0 heterocycles. The second kappa shape index (κ2) is 6.25. The zero-order valence-electron chi connectivity index (χ0n) is 9.64. The molecular formula is C12H17NO3. The number of hydrogen-bond acceptors (Lipinski definition) is 4. The molecule has 1 aromatic carbocycles. The van der Waals surface area contributed by atoms with Crippen molar-refractivity contribution in [2.24, 2.45) is 0 Å². The summed E-state index contributed by atoms with van der Waals surface area (Å²) in [6.07, 6.45) is 0. The summed E-state index contributed by atoms with van der Waals surface area (Å²) in [5.41, 5.74) is 0.629. The average molecular weight is 223 g/mol. The van der Waals surface area contributed by atoms with Gasteiger partial charge in [0.1, 0.15) is 5.75 Å². The summed E-state index contributed by atoms with van der Waals surface area (Å²) in [7, 11) is 3.37. The molecule has 0 bridgehead atoms. The van der Waals surface area contributed by atoms with Crippen LogP contribution in [0.3, 0.4) is 0 Å².